The van der Waals surface area contributed by atoms with Crippen LogP contribution in [-0.2, 0) is 12.0 Å². The first-order valence-electron chi connectivity index (χ1n) is 5.08. The van der Waals surface area contributed by atoms with E-state index in [0.717, 1.165) is 23.5 Å². The van der Waals surface area contributed by atoms with E-state index in [1.165, 1.54) is 12.8 Å². The number of alkyl halides is 1. The highest BCUT2D eigenvalue weighted by Crippen LogP contribution is 2.30. The summed E-state index contributed by atoms with van der Waals surface area (Å²) in [6, 6.07) is 0. The van der Waals surface area contributed by atoms with Crippen molar-refractivity contribution in [1.29, 1.82) is 0 Å². The van der Waals surface area contributed by atoms with E-state index in [0.29, 0.717) is 0 Å². The first kappa shape index (κ1) is 10.1. The average Bonchev–Trinajstić information content (AvgIpc) is 2.81. The molecule has 0 spiro atoms. The molecule has 1 aromatic heterocycles. The largest absolute Gasteiger partial charge is 0.252 e. The maximum Gasteiger partial charge on any atom is 0.0891 e. The summed E-state index contributed by atoms with van der Waals surface area (Å²) >= 11 is 3.50. The topological polar surface area (TPSA) is 30.7 Å². The molecule has 0 radical (unpaired) electrons. The van der Waals surface area contributed by atoms with Crippen molar-refractivity contribution < 1.29 is 0 Å². The molecule has 0 saturated heterocycles. The number of rotatable bonds is 4. The second-order valence-corrected chi connectivity index (χ2v) is 5.35. The molecular weight excluding hydrogens is 242 g/mol. The first-order valence-corrected chi connectivity index (χ1v) is 6.20. The highest BCUT2D eigenvalue weighted by atomic mass is 79.9. The molecule has 0 aromatic carbocycles. The second-order valence-electron chi connectivity index (χ2n) is 4.79. The van der Waals surface area contributed by atoms with Gasteiger partial charge >= 0.3 is 0 Å². The van der Waals surface area contributed by atoms with Crippen molar-refractivity contribution >= 4 is 15.9 Å². The van der Waals surface area contributed by atoms with Crippen molar-refractivity contribution in [2.45, 2.75) is 38.6 Å². The fourth-order valence-corrected chi connectivity index (χ4v) is 1.62. The molecule has 1 aliphatic rings. The van der Waals surface area contributed by atoms with Gasteiger partial charge in [0.1, 0.15) is 0 Å². The van der Waals surface area contributed by atoms with Crippen molar-refractivity contribution in [3.8, 4) is 0 Å². The standard InChI is InChI=1S/C10H16BrN3/c1-10(2,7-11)9-6-14(13-12-9)5-8-3-4-8/h6,8H,3-5,7H2,1-2H3. The Balaban J connectivity index is 2.07. The third-order valence-corrected chi connectivity index (χ3v) is 4.11. The lowest BCUT2D eigenvalue weighted by Crippen LogP contribution is -2.19. The van der Waals surface area contributed by atoms with Gasteiger partial charge in [0.05, 0.1) is 5.69 Å². The normalized spacial score (nSPS) is 17.4. The third-order valence-electron chi connectivity index (χ3n) is 2.71. The minimum Gasteiger partial charge on any atom is -0.252 e. The van der Waals surface area contributed by atoms with E-state index in [-0.39, 0.29) is 5.41 Å². The van der Waals surface area contributed by atoms with Crippen LogP contribution in [0.3, 0.4) is 0 Å². The Labute approximate surface area is 93.0 Å². The second kappa shape index (κ2) is 3.65. The van der Waals surface area contributed by atoms with Crippen LogP contribution in [0.2, 0.25) is 0 Å². The van der Waals surface area contributed by atoms with Crippen LogP contribution in [0.25, 0.3) is 0 Å². The zero-order valence-electron chi connectivity index (χ0n) is 8.70. The number of halogens is 1. The highest BCUT2D eigenvalue weighted by molar-refractivity contribution is 9.09. The zero-order chi connectivity index (χ0) is 10.2. The molecule has 1 aromatic rings. The molecule has 0 bridgehead atoms. The summed E-state index contributed by atoms with van der Waals surface area (Å²) in [5.74, 6) is 0.858. The number of hydrogen-bond donors (Lipinski definition) is 0. The van der Waals surface area contributed by atoms with Crippen LogP contribution in [0.15, 0.2) is 6.20 Å². The first-order chi connectivity index (χ1) is 6.62. The molecule has 0 N–H and O–H groups in total. The average molecular weight is 258 g/mol. The van der Waals surface area contributed by atoms with E-state index in [2.05, 4.69) is 46.3 Å². The van der Waals surface area contributed by atoms with E-state index in [4.69, 9.17) is 0 Å². The van der Waals surface area contributed by atoms with Crippen molar-refractivity contribution in [3.63, 3.8) is 0 Å². The molecule has 0 unspecified atom stereocenters. The molecule has 1 heterocycles. The molecule has 0 atom stereocenters. The van der Waals surface area contributed by atoms with E-state index in [1.807, 2.05) is 4.68 Å². The van der Waals surface area contributed by atoms with Gasteiger partial charge in [-0.2, -0.15) is 0 Å². The summed E-state index contributed by atoms with van der Waals surface area (Å²) in [5, 5.41) is 9.30. The minimum atomic E-state index is 0.0851. The van der Waals surface area contributed by atoms with Crippen molar-refractivity contribution in [3.05, 3.63) is 11.9 Å². The Morgan fingerprint density at radius 2 is 2.29 bits per heavy atom. The molecule has 1 aliphatic carbocycles. The molecule has 0 aliphatic heterocycles. The zero-order valence-corrected chi connectivity index (χ0v) is 10.3. The Kier molecular flexibility index (Phi) is 2.64. The van der Waals surface area contributed by atoms with E-state index >= 15 is 0 Å². The summed E-state index contributed by atoms with van der Waals surface area (Å²) < 4.78 is 1.98. The summed E-state index contributed by atoms with van der Waals surface area (Å²) in [4.78, 5) is 0. The lowest BCUT2D eigenvalue weighted by atomic mass is 9.93. The Hall–Kier alpha value is -0.380. The predicted octanol–water partition coefficient (Wildman–Crippen LogP) is 2.36. The molecule has 78 valence electrons. The van der Waals surface area contributed by atoms with Gasteiger partial charge in [0.25, 0.3) is 0 Å². The van der Waals surface area contributed by atoms with Gasteiger partial charge in [0.2, 0.25) is 0 Å². The van der Waals surface area contributed by atoms with E-state index in [9.17, 15) is 0 Å². The molecule has 0 amide bonds. The van der Waals surface area contributed by atoms with Crippen molar-refractivity contribution in [2.75, 3.05) is 5.33 Å². The summed E-state index contributed by atoms with van der Waals surface area (Å²) in [6.07, 6.45) is 4.80. The van der Waals surface area contributed by atoms with Gasteiger partial charge in [-0.3, -0.25) is 4.68 Å². The monoisotopic (exact) mass is 257 g/mol. The van der Waals surface area contributed by atoms with Crippen LogP contribution in [0.4, 0.5) is 0 Å². The number of nitrogens with zero attached hydrogens (tertiary/aromatic N) is 3. The molecule has 4 heteroatoms. The predicted molar refractivity (Wildman–Crippen MR) is 59.6 cm³/mol. The van der Waals surface area contributed by atoms with Crippen LogP contribution >= 0.6 is 15.9 Å². The van der Waals surface area contributed by atoms with Crippen molar-refractivity contribution in [1.82, 2.24) is 15.0 Å². The van der Waals surface area contributed by atoms with Gasteiger partial charge in [-0.05, 0) is 18.8 Å². The van der Waals surface area contributed by atoms with Crippen LogP contribution in [0.1, 0.15) is 32.4 Å². The van der Waals surface area contributed by atoms with E-state index in [1.54, 1.807) is 0 Å². The van der Waals surface area contributed by atoms with Gasteiger partial charge in [-0.1, -0.05) is 35.0 Å². The Morgan fingerprint density at radius 3 is 2.86 bits per heavy atom. The Bertz CT molecular complexity index is 315. The fourth-order valence-electron chi connectivity index (χ4n) is 1.33. The SMILES string of the molecule is CC(C)(CBr)c1cn(CC2CC2)nn1. The third kappa shape index (κ3) is 2.16. The van der Waals surface area contributed by atoms with Crippen LogP contribution in [-0.4, -0.2) is 20.3 Å². The summed E-state index contributed by atoms with van der Waals surface area (Å²) in [6.45, 7) is 5.39. The number of hydrogen-bond acceptors (Lipinski definition) is 2. The number of aromatic nitrogens is 3. The van der Waals surface area contributed by atoms with Crippen molar-refractivity contribution in [2.24, 2.45) is 5.92 Å². The lowest BCUT2D eigenvalue weighted by Gasteiger charge is -2.17. The fraction of sp³-hybridized carbons (Fsp3) is 0.800. The molecule has 14 heavy (non-hydrogen) atoms. The molecular formula is C10H16BrN3. The Morgan fingerprint density at radius 1 is 1.57 bits per heavy atom. The quantitative estimate of drug-likeness (QED) is 0.776. The summed E-state index contributed by atoms with van der Waals surface area (Å²) in [5.41, 5.74) is 1.16. The van der Waals surface area contributed by atoms with Crippen LogP contribution < -0.4 is 0 Å². The van der Waals surface area contributed by atoms with E-state index < -0.39 is 0 Å². The molecule has 2 rings (SSSR count). The molecule has 3 nitrogen and oxygen atoms in total. The van der Waals surface area contributed by atoms with Crippen LogP contribution in [0, 0.1) is 5.92 Å². The highest BCUT2D eigenvalue weighted by Gasteiger charge is 2.25. The smallest absolute Gasteiger partial charge is 0.0891 e. The molecule has 1 saturated carbocycles. The van der Waals surface area contributed by atoms with Crippen LogP contribution in [0.5, 0.6) is 0 Å². The van der Waals surface area contributed by atoms with Gasteiger partial charge < -0.3 is 0 Å². The lowest BCUT2D eigenvalue weighted by molar-refractivity contribution is 0.543. The van der Waals surface area contributed by atoms with Gasteiger partial charge in [0.15, 0.2) is 0 Å². The molecule has 1 fully saturated rings. The summed E-state index contributed by atoms with van der Waals surface area (Å²) in [7, 11) is 0. The van der Waals surface area contributed by atoms with Gasteiger partial charge in [0, 0.05) is 23.5 Å². The van der Waals surface area contributed by atoms with Gasteiger partial charge in [-0.15, -0.1) is 5.10 Å². The minimum absolute atomic E-state index is 0.0851. The maximum absolute atomic E-state index is 4.22. The maximum atomic E-state index is 4.22. The van der Waals surface area contributed by atoms with Gasteiger partial charge in [-0.25, -0.2) is 0 Å².